The lowest BCUT2D eigenvalue weighted by molar-refractivity contribution is -0.117. The van der Waals surface area contributed by atoms with Crippen LogP contribution in [0.25, 0.3) is 0 Å². The predicted octanol–water partition coefficient (Wildman–Crippen LogP) is 3.63. The molecule has 1 aliphatic heterocycles. The van der Waals surface area contributed by atoms with Crippen molar-refractivity contribution in [2.45, 2.75) is 19.8 Å². The summed E-state index contributed by atoms with van der Waals surface area (Å²) < 4.78 is 18.8. The molecule has 0 atom stereocenters. The number of amides is 1. The second-order valence-corrected chi connectivity index (χ2v) is 7.62. The van der Waals surface area contributed by atoms with Crippen molar-refractivity contribution in [3.63, 3.8) is 0 Å². The van der Waals surface area contributed by atoms with E-state index in [4.69, 9.17) is 16.3 Å². The zero-order valence-corrected chi connectivity index (χ0v) is 17.0. The van der Waals surface area contributed by atoms with Gasteiger partial charge in [0, 0.05) is 25.2 Å². The second-order valence-electron chi connectivity index (χ2n) is 7.21. The van der Waals surface area contributed by atoms with Crippen molar-refractivity contribution in [3.8, 4) is 5.75 Å². The molecule has 7 nitrogen and oxygen atoms in total. The summed E-state index contributed by atoms with van der Waals surface area (Å²) in [5, 5.41) is 0.268. The highest BCUT2D eigenvalue weighted by molar-refractivity contribution is 6.32. The SMILES string of the molecule is CCN1C(=O)CN(C)c2nc(N=C3CC(COc4ccc(F)cc4Cl)C3)ncc21. The standard InChI is InChI=1S/C20H21ClFN5O2/c1-3-27-16-9-23-20(25-19(16)26(2)10-18(27)28)24-14-6-12(7-14)11-29-17-5-4-13(22)8-15(17)21/h4-5,8-9,12H,3,6-7,10-11H2,1-2H3. The van der Waals surface area contributed by atoms with E-state index in [-0.39, 0.29) is 16.7 Å². The number of hydrogen-bond donors (Lipinski definition) is 0. The minimum absolute atomic E-state index is 0.0354. The van der Waals surface area contributed by atoms with Crippen LogP contribution in [0.5, 0.6) is 5.75 Å². The van der Waals surface area contributed by atoms with Crippen LogP contribution in [0, 0.1) is 11.7 Å². The number of hydrogen-bond acceptors (Lipinski definition) is 6. The third kappa shape index (κ3) is 4.03. The minimum Gasteiger partial charge on any atom is -0.492 e. The average molecular weight is 418 g/mol. The summed E-state index contributed by atoms with van der Waals surface area (Å²) in [5.74, 6) is 1.57. The van der Waals surface area contributed by atoms with Gasteiger partial charge >= 0.3 is 0 Å². The highest BCUT2D eigenvalue weighted by atomic mass is 35.5. The number of aromatic nitrogens is 2. The van der Waals surface area contributed by atoms with Gasteiger partial charge in [0.25, 0.3) is 5.95 Å². The molecule has 0 N–H and O–H groups in total. The summed E-state index contributed by atoms with van der Waals surface area (Å²) in [6, 6.07) is 4.10. The molecule has 1 aromatic carbocycles. The van der Waals surface area contributed by atoms with Gasteiger partial charge in [0.2, 0.25) is 5.91 Å². The molecular weight excluding hydrogens is 397 g/mol. The Balaban J connectivity index is 1.38. The van der Waals surface area contributed by atoms with Crippen molar-refractivity contribution in [3.05, 3.63) is 35.2 Å². The molecule has 2 aliphatic rings. The summed E-state index contributed by atoms with van der Waals surface area (Å²) >= 11 is 5.98. The van der Waals surface area contributed by atoms with Crippen LogP contribution in [0.4, 0.5) is 21.8 Å². The Labute approximate surface area is 173 Å². The molecule has 1 aliphatic carbocycles. The average Bonchev–Trinajstić information content (AvgIpc) is 2.65. The molecule has 1 amide bonds. The van der Waals surface area contributed by atoms with Crippen LogP contribution in [-0.4, -0.2) is 48.3 Å². The Morgan fingerprint density at radius 1 is 1.38 bits per heavy atom. The van der Waals surface area contributed by atoms with Gasteiger partial charge in [-0.1, -0.05) is 11.6 Å². The molecule has 0 spiro atoms. The number of benzene rings is 1. The molecule has 0 saturated heterocycles. The quantitative estimate of drug-likeness (QED) is 0.742. The number of carbonyl (C=O) groups is 1. The minimum atomic E-state index is -0.387. The zero-order valence-electron chi connectivity index (χ0n) is 16.2. The molecule has 2 heterocycles. The van der Waals surface area contributed by atoms with Gasteiger partial charge in [0.15, 0.2) is 5.82 Å². The summed E-state index contributed by atoms with van der Waals surface area (Å²) in [6.07, 6.45) is 3.23. The summed E-state index contributed by atoms with van der Waals surface area (Å²) in [7, 11) is 1.84. The van der Waals surface area contributed by atoms with Crippen molar-refractivity contribution in [2.24, 2.45) is 10.9 Å². The van der Waals surface area contributed by atoms with Gasteiger partial charge in [0.05, 0.1) is 24.4 Å². The Kier molecular flexibility index (Phi) is 5.36. The first kappa shape index (κ1) is 19.6. The number of likely N-dealkylation sites (N-methyl/N-ethyl adjacent to an activating group) is 2. The molecule has 0 bridgehead atoms. The Bertz CT molecular complexity index is 975. The number of carbonyl (C=O) groups excluding carboxylic acids is 1. The van der Waals surface area contributed by atoms with E-state index in [9.17, 15) is 9.18 Å². The van der Waals surface area contributed by atoms with Gasteiger partial charge in [-0.05, 0) is 38.0 Å². The van der Waals surface area contributed by atoms with Crippen molar-refractivity contribution >= 4 is 40.7 Å². The molecule has 2 aromatic rings. The van der Waals surface area contributed by atoms with E-state index in [0.717, 1.165) is 18.6 Å². The van der Waals surface area contributed by atoms with Crippen LogP contribution in [-0.2, 0) is 4.79 Å². The Morgan fingerprint density at radius 2 is 2.17 bits per heavy atom. The largest absolute Gasteiger partial charge is 0.492 e. The van der Waals surface area contributed by atoms with Crippen molar-refractivity contribution in [1.82, 2.24) is 9.97 Å². The molecule has 9 heteroatoms. The second kappa shape index (κ2) is 7.94. The van der Waals surface area contributed by atoms with E-state index in [1.54, 1.807) is 11.1 Å². The van der Waals surface area contributed by atoms with Crippen LogP contribution >= 0.6 is 11.6 Å². The number of ether oxygens (including phenoxy) is 1. The first-order chi connectivity index (χ1) is 13.9. The lowest BCUT2D eigenvalue weighted by Gasteiger charge is -2.33. The number of aliphatic imine (C=N–C) groups is 1. The molecule has 1 fully saturated rings. The predicted molar refractivity (Wildman–Crippen MR) is 110 cm³/mol. The fourth-order valence-corrected chi connectivity index (χ4v) is 3.71. The number of anilines is 2. The Morgan fingerprint density at radius 3 is 2.90 bits per heavy atom. The molecular formula is C20H21ClFN5O2. The van der Waals surface area contributed by atoms with E-state index < -0.39 is 0 Å². The molecule has 0 radical (unpaired) electrons. The maximum absolute atomic E-state index is 13.1. The molecule has 29 heavy (non-hydrogen) atoms. The maximum Gasteiger partial charge on any atom is 0.251 e. The van der Waals surface area contributed by atoms with Gasteiger partial charge in [-0.15, -0.1) is 0 Å². The van der Waals surface area contributed by atoms with Crippen molar-refractivity contribution < 1.29 is 13.9 Å². The fraction of sp³-hybridized carbons (Fsp3) is 0.400. The third-order valence-corrected chi connectivity index (χ3v) is 5.35. The number of nitrogens with zero attached hydrogens (tertiary/aromatic N) is 5. The van der Waals surface area contributed by atoms with Crippen molar-refractivity contribution in [2.75, 3.05) is 36.5 Å². The van der Waals surface area contributed by atoms with Gasteiger partial charge < -0.3 is 14.5 Å². The monoisotopic (exact) mass is 417 g/mol. The zero-order chi connectivity index (χ0) is 20.5. The summed E-state index contributed by atoms with van der Waals surface area (Å²) in [6.45, 7) is 3.29. The van der Waals surface area contributed by atoms with E-state index in [1.165, 1.54) is 18.2 Å². The summed E-state index contributed by atoms with van der Waals surface area (Å²) in [5.41, 5.74) is 1.72. The normalized spacial score (nSPS) is 18.4. The van der Waals surface area contributed by atoms with Gasteiger partial charge in [0.1, 0.15) is 17.3 Å². The Hall–Kier alpha value is -2.74. The maximum atomic E-state index is 13.1. The first-order valence-electron chi connectivity index (χ1n) is 9.47. The van der Waals surface area contributed by atoms with Crippen LogP contribution in [0.1, 0.15) is 19.8 Å². The van der Waals surface area contributed by atoms with E-state index >= 15 is 0 Å². The highest BCUT2D eigenvalue weighted by Crippen LogP contribution is 2.33. The fourth-order valence-electron chi connectivity index (χ4n) is 3.48. The third-order valence-electron chi connectivity index (χ3n) is 5.05. The van der Waals surface area contributed by atoms with E-state index in [0.29, 0.717) is 48.8 Å². The smallest absolute Gasteiger partial charge is 0.251 e. The van der Waals surface area contributed by atoms with Crippen LogP contribution in [0.15, 0.2) is 29.4 Å². The van der Waals surface area contributed by atoms with Crippen LogP contribution in [0.3, 0.4) is 0 Å². The molecule has 1 aromatic heterocycles. The van der Waals surface area contributed by atoms with Gasteiger partial charge in [-0.3, -0.25) is 4.79 Å². The molecule has 0 unspecified atom stereocenters. The van der Waals surface area contributed by atoms with Gasteiger partial charge in [-0.25, -0.2) is 14.4 Å². The number of rotatable bonds is 5. The topological polar surface area (TPSA) is 70.9 Å². The van der Waals surface area contributed by atoms with E-state index in [1.807, 2.05) is 18.9 Å². The van der Waals surface area contributed by atoms with Gasteiger partial charge in [-0.2, -0.15) is 4.98 Å². The van der Waals surface area contributed by atoms with Crippen LogP contribution in [0.2, 0.25) is 5.02 Å². The molecule has 1 saturated carbocycles. The molecule has 152 valence electrons. The lowest BCUT2D eigenvalue weighted by atomic mass is 9.84. The lowest BCUT2D eigenvalue weighted by Crippen LogP contribution is -2.44. The van der Waals surface area contributed by atoms with Crippen molar-refractivity contribution in [1.29, 1.82) is 0 Å². The molecule has 4 rings (SSSR count). The van der Waals surface area contributed by atoms with Crippen LogP contribution < -0.4 is 14.5 Å². The summed E-state index contributed by atoms with van der Waals surface area (Å²) in [4.78, 5) is 29.0. The number of halogens is 2. The number of fused-ring (bicyclic) bond motifs is 1. The highest BCUT2D eigenvalue weighted by Gasteiger charge is 2.29. The van der Waals surface area contributed by atoms with E-state index in [2.05, 4.69) is 15.0 Å². The first-order valence-corrected chi connectivity index (χ1v) is 9.85.